The van der Waals surface area contributed by atoms with Crippen LogP contribution in [0, 0.1) is 0 Å². The molecule has 21 heavy (non-hydrogen) atoms. The number of carbonyl (C=O) groups is 1. The molecule has 1 saturated heterocycles. The summed E-state index contributed by atoms with van der Waals surface area (Å²) in [5.41, 5.74) is 6.33. The fourth-order valence-corrected chi connectivity index (χ4v) is 4.19. The van der Waals surface area contributed by atoms with Crippen LogP contribution in [-0.4, -0.2) is 22.4 Å². The van der Waals surface area contributed by atoms with Crippen molar-refractivity contribution in [1.29, 1.82) is 0 Å². The lowest BCUT2D eigenvalue weighted by Crippen LogP contribution is -2.55. The number of hydrogen-bond acceptors (Lipinski definition) is 3. The number of carbonyl (C=O) groups excluding carboxylic acids is 1. The number of nitrogens with two attached hydrogens (primary N) is 1. The van der Waals surface area contributed by atoms with E-state index < -0.39 is 0 Å². The van der Waals surface area contributed by atoms with Crippen LogP contribution in [-0.2, 0) is 10.2 Å². The molecule has 1 aliphatic rings. The van der Waals surface area contributed by atoms with Crippen molar-refractivity contribution >= 4 is 17.2 Å². The molecule has 1 aromatic heterocycles. The lowest BCUT2D eigenvalue weighted by Gasteiger charge is -2.47. The van der Waals surface area contributed by atoms with Gasteiger partial charge in [-0.15, -0.1) is 11.3 Å². The van der Waals surface area contributed by atoms with E-state index in [1.807, 2.05) is 4.90 Å². The maximum absolute atomic E-state index is 12.4. The van der Waals surface area contributed by atoms with Crippen molar-refractivity contribution in [2.45, 2.75) is 77.4 Å². The minimum absolute atomic E-state index is 0.00681. The Labute approximate surface area is 132 Å². The van der Waals surface area contributed by atoms with Crippen molar-refractivity contribution in [1.82, 2.24) is 4.90 Å². The zero-order valence-electron chi connectivity index (χ0n) is 14.1. The average molecular weight is 308 g/mol. The highest BCUT2D eigenvalue weighted by atomic mass is 32.1. The van der Waals surface area contributed by atoms with E-state index in [4.69, 9.17) is 5.73 Å². The number of rotatable bonds is 1. The number of piperidine rings is 1. The maximum atomic E-state index is 12.4. The molecule has 2 unspecified atom stereocenters. The van der Waals surface area contributed by atoms with Crippen LogP contribution in [0.25, 0.3) is 0 Å². The summed E-state index contributed by atoms with van der Waals surface area (Å²) in [4.78, 5) is 17.0. The molecule has 0 aliphatic carbocycles. The zero-order chi connectivity index (χ0) is 16.0. The monoisotopic (exact) mass is 308 g/mol. The average Bonchev–Trinajstić information content (AvgIpc) is 2.79. The molecule has 3 nitrogen and oxygen atoms in total. The summed E-state index contributed by atoms with van der Waals surface area (Å²) in [5, 5.41) is 0. The van der Waals surface area contributed by atoms with Gasteiger partial charge in [0.1, 0.15) is 0 Å². The van der Waals surface area contributed by atoms with Crippen molar-refractivity contribution in [3.05, 3.63) is 21.9 Å². The molecule has 1 fully saturated rings. The third-order valence-corrected chi connectivity index (χ3v) is 5.61. The normalized spacial score (nSPS) is 24.5. The van der Waals surface area contributed by atoms with E-state index in [1.54, 1.807) is 11.3 Å². The Morgan fingerprint density at radius 3 is 2.29 bits per heavy atom. The Bertz CT molecular complexity index is 522. The Balaban J connectivity index is 2.42. The van der Waals surface area contributed by atoms with Gasteiger partial charge in [-0.3, -0.25) is 4.79 Å². The van der Waals surface area contributed by atoms with Gasteiger partial charge in [-0.2, -0.15) is 0 Å². The molecule has 1 aromatic rings. The van der Waals surface area contributed by atoms with Gasteiger partial charge in [0.15, 0.2) is 0 Å². The summed E-state index contributed by atoms with van der Waals surface area (Å²) in [6.45, 7) is 12.9. The first-order valence-electron chi connectivity index (χ1n) is 7.70. The first-order chi connectivity index (χ1) is 9.51. The fourth-order valence-electron chi connectivity index (χ4n) is 2.96. The third kappa shape index (κ3) is 3.32. The topological polar surface area (TPSA) is 46.3 Å². The maximum Gasteiger partial charge on any atom is 0.223 e. The molecular formula is C17H28N2OS. The van der Waals surface area contributed by atoms with Crippen LogP contribution >= 0.6 is 11.3 Å². The predicted molar refractivity (Wildman–Crippen MR) is 89.6 cm³/mol. The van der Waals surface area contributed by atoms with E-state index in [0.29, 0.717) is 6.42 Å². The molecular weight excluding hydrogens is 280 g/mol. The summed E-state index contributed by atoms with van der Waals surface area (Å²) in [7, 11) is 0. The van der Waals surface area contributed by atoms with Gasteiger partial charge in [0.2, 0.25) is 5.91 Å². The summed E-state index contributed by atoms with van der Waals surface area (Å²) >= 11 is 1.80. The highest BCUT2D eigenvalue weighted by Crippen LogP contribution is 2.41. The molecule has 0 saturated carbocycles. The van der Waals surface area contributed by atoms with E-state index >= 15 is 0 Å². The molecule has 0 aromatic carbocycles. The standard InChI is InChI=1S/C17H28N2OS/c1-16(2,3)13-9-8-12(21-13)15-11(18)7-10-14(20)19(15)17(4,5)6/h8-9,11,15H,7,10,18H2,1-6H3. The van der Waals surface area contributed by atoms with Crippen LogP contribution in [0.5, 0.6) is 0 Å². The van der Waals surface area contributed by atoms with Gasteiger partial charge in [0, 0.05) is 27.8 Å². The molecule has 1 aliphatic heterocycles. The number of thiophene rings is 1. The minimum Gasteiger partial charge on any atom is -0.328 e. The van der Waals surface area contributed by atoms with E-state index in [2.05, 4.69) is 53.7 Å². The zero-order valence-corrected chi connectivity index (χ0v) is 14.9. The first-order valence-corrected chi connectivity index (χ1v) is 8.51. The Hall–Kier alpha value is -0.870. The van der Waals surface area contributed by atoms with Crippen LogP contribution in [0.4, 0.5) is 0 Å². The van der Waals surface area contributed by atoms with Crippen LogP contribution < -0.4 is 5.73 Å². The lowest BCUT2D eigenvalue weighted by molar-refractivity contribution is -0.143. The molecule has 118 valence electrons. The van der Waals surface area contributed by atoms with Crippen LogP contribution in [0.15, 0.2) is 12.1 Å². The molecule has 4 heteroatoms. The molecule has 2 rings (SSSR count). The van der Waals surface area contributed by atoms with Crippen molar-refractivity contribution in [2.24, 2.45) is 5.73 Å². The van der Waals surface area contributed by atoms with E-state index in [1.165, 1.54) is 9.75 Å². The summed E-state index contributed by atoms with van der Waals surface area (Å²) in [6.07, 6.45) is 1.34. The van der Waals surface area contributed by atoms with Gasteiger partial charge < -0.3 is 10.6 Å². The van der Waals surface area contributed by atoms with Gasteiger partial charge in [-0.25, -0.2) is 0 Å². The smallest absolute Gasteiger partial charge is 0.223 e. The predicted octanol–water partition coefficient (Wildman–Crippen LogP) is 3.83. The third-order valence-electron chi connectivity index (χ3n) is 4.02. The van der Waals surface area contributed by atoms with Gasteiger partial charge in [0.25, 0.3) is 0 Å². The number of amides is 1. The van der Waals surface area contributed by atoms with Crippen LogP contribution in [0.1, 0.15) is 70.2 Å². The Kier molecular flexibility index (Phi) is 4.24. The molecule has 2 N–H and O–H groups in total. The van der Waals surface area contributed by atoms with Gasteiger partial charge in [0.05, 0.1) is 6.04 Å². The van der Waals surface area contributed by atoms with Gasteiger partial charge in [-0.1, -0.05) is 20.8 Å². The second-order valence-electron chi connectivity index (χ2n) is 8.03. The number of likely N-dealkylation sites (tertiary alicyclic amines) is 1. The van der Waals surface area contributed by atoms with E-state index in [-0.39, 0.29) is 28.9 Å². The van der Waals surface area contributed by atoms with Crippen molar-refractivity contribution < 1.29 is 4.79 Å². The van der Waals surface area contributed by atoms with Crippen LogP contribution in [0.2, 0.25) is 0 Å². The van der Waals surface area contributed by atoms with Crippen LogP contribution in [0.3, 0.4) is 0 Å². The van der Waals surface area contributed by atoms with E-state index in [9.17, 15) is 4.79 Å². The SMILES string of the molecule is CC(C)(C)c1ccc(C2C(N)CCC(=O)N2C(C)(C)C)s1. The Morgan fingerprint density at radius 1 is 1.19 bits per heavy atom. The molecule has 1 amide bonds. The quantitative estimate of drug-likeness (QED) is 0.857. The number of hydrogen-bond donors (Lipinski definition) is 1. The van der Waals surface area contributed by atoms with E-state index in [0.717, 1.165) is 6.42 Å². The minimum atomic E-state index is -0.203. The molecule has 0 radical (unpaired) electrons. The second-order valence-corrected chi connectivity index (χ2v) is 9.15. The fraction of sp³-hybridized carbons (Fsp3) is 0.706. The molecule has 2 heterocycles. The largest absolute Gasteiger partial charge is 0.328 e. The lowest BCUT2D eigenvalue weighted by atomic mass is 9.89. The molecule has 0 spiro atoms. The summed E-state index contributed by atoms with van der Waals surface area (Å²) in [6, 6.07) is 4.38. The highest BCUT2D eigenvalue weighted by Gasteiger charge is 2.41. The van der Waals surface area contributed by atoms with Crippen molar-refractivity contribution in [3.8, 4) is 0 Å². The van der Waals surface area contributed by atoms with Crippen molar-refractivity contribution in [3.63, 3.8) is 0 Å². The highest BCUT2D eigenvalue weighted by molar-refractivity contribution is 7.12. The summed E-state index contributed by atoms with van der Waals surface area (Å²) < 4.78 is 0. The first kappa shape index (κ1) is 16.5. The van der Waals surface area contributed by atoms with Gasteiger partial charge in [-0.05, 0) is 44.7 Å². The number of nitrogens with zero attached hydrogens (tertiary/aromatic N) is 1. The molecule has 0 bridgehead atoms. The second kappa shape index (κ2) is 5.40. The summed E-state index contributed by atoms with van der Waals surface area (Å²) in [5.74, 6) is 0.222. The molecule has 2 atom stereocenters. The van der Waals surface area contributed by atoms with Gasteiger partial charge >= 0.3 is 0 Å². The Morgan fingerprint density at radius 2 is 1.81 bits per heavy atom. The van der Waals surface area contributed by atoms with Crippen molar-refractivity contribution in [2.75, 3.05) is 0 Å².